The SMILES string of the molecule is Cc1cc(C)cc(Oc2ccc(CNC(=O)CNC(=O)CN)cc2C)c1.Cl. The van der Waals surface area contributed by atoms with Crippen molar-refractivity contribution in [2.75, 3.05) is 13.1 Å². The maximum absolute atomic E-state index is 11.7. The van der Waals surface area contributed by atoms with Crippen LogP contribution in [0.5, 0.6) is 11.5 Å². The van der Waals surface area contributed by atoms with Crippen molar-refractivity contribution in [1.82, 2.24) is 10.6 Å². The molecule has 7 heteroatoms. The Kier molecular flexibility index (Phi) is 8.78. The first-order chi connectivity index (χ1) is 12.4. The van der Waals surface area contributed by atoms with Gasteiger partial charge in [-0.15, -0.1) is 12.4 Å². The van der Waals surface area contributed by atoms with E-state index in [-0.39, 0.29) is 37.3 Å². The number of aryl methyl sites for hydroxylation is 3. The van der Waals surface area contributed by atoms with Crippen LogP contribution in [0.4, 0.5) is 0 Å². The van der Waals surface area contributed by atoms with E-state index in [0.717, 1.165) is 33.8 Å². The first kappa shape index (κ1) is 22.5. The molecule has 0 aliphatic heterocycles. The third-order valence-electron chi connectivity index (χ3n) is 3.78. The second-order valence-electron chi connectivity index (χ2n) is 6.28. The molecule has 0 saturated heterocycles. The zero-order chi connectivity index (χ0) is 19.1. The molecule has 2 amide bonds. The molecule has 0 aromatic heterocycles. The molecular formula is C20H26ClN3O3. The second kappa shape index (κ2) is 10.5. The van der Waals surface area contributed by atoms with Gasteiger partial charge < -0.3 is 21.1 Å². The fraction of sp³-hybridized carbons (Fsp3) is 0.300. The number of carbonyl (C=O) groups is 2. The van der Waals surface area contributed by atoms with Crippen LogP contribution in [-0.4, -0.2) is 24.9 Å². The third-order valence-corrected chi connectivity index (χ3v) is 3.78. The van der Waals surface area contributed by atoms with Gasteiger partial charge in [0.25, 0.3) is 0 Å². The van der Waals surface area contributed by atoms with Gasteiger partial charge >= 0.3 is 0 Å². The summed E-state index contributed by atoms with van der Waals surface area (Å²) in [6, 6.07) is 11.9. The summed E-state index contributed by atoms with van der Waals surface area (Å²) >= 11 is 0. The molecule has 0 heterocycles. The number of rotatable bonds is 7. The van der Waals surface area contributed by atoms with E-state index in [2.05, 4.69) is 16.7 Å². The summed E-state index contributed by atoms with van der Waals surface area (Å²) in [7, 11) is 0. The van der Waals surface area contributed by atoms with Gasteiger partial charge in [0, 0.05) is 6.54 Å². The molecule has 2 rings (SSSR count). The molecule has 0 aliphatic rings. The van der Waals surface area contributed by atoms with Crippen LogP contribution in [-0.2, 0) is 16.1 Å². The topological polar surface area (TPSA) is 93.5 Å². The van der Waals surface area contributed by atoms with E-state index in [1.807, 2.05) is 51.1 Å². The number of hydrogen-bond donors (Lipinski definition) is 3. The van der Waals surface area contributed by atoms with Gasteiger partial charge in [0.2, 0.25) is 11.8 Å². The van der Waals surface area contributed by atoms with Gasteiger partial charge in [-0.25, -0.2) is 0 Å². The molecule has 0 saturated carbocycles. The first-order valence-electron chi connectivity index (χ1n) is 8.46. The van der Waals surface area contributed by atoms with E-state index in [1.165, 1.54) is 0 Å². The molecule has 4 N–H and O–H groups in total. The van der Waals surface area contributed by atoms with Crippen molar-refractivity contribution in [3.05, 3.63) is 58.7 Å². The van der Waals surface area contributed by atoms with Crippen LogP contribution in [0.25, 0.3) is 0 Å². The van der Waals surface area contributed by atoms with Crippen LogP contribution in [0.15, 0.2) is 36.4 Å². The molecule has 27 heavy (non-hydrogen) atoms. The maximum atomic E-state index is 11.7. The predicted molar refractivity (Wildman–Crippen MR) is 108 cm³/mol. The summed E-state index contributed by atoms with van der Waals surface area (Å²) in [6.45, 7) is 6.20. The summed E-state index contributed by atoms with van der Waals surface area (Å²) in [4.78, 5) is 22.7. The minimum Gasteiger partial charge on any atom is -0.457 e. The van der Waals surface area contributed by atoms with Crippen molar-refractivity contribution in [1.29, 1.82) is 0 Å². The normalized spacial score (nSPS) is 9.93. The highest BCUT2D eigenvalue weighted by Gasteiger charge is 2.07. The number of amides is 2. The Morgan fingerprint density at radius 2 is 1.63 bits per heavy atom. The molecular weight excluding hydrogens is 366 g/mol. The molecule has 0 fully saturated rings. The summed E-state index contributed by atoms with van der Waals surface area (Å²) in [5, 5.41) is 5.18. The molecule has 2 aromatic carbocycles. The number of halogens is 1. The number of nitrogens with one attached hydrogen (secondary N) is 2. The fourth-order valence-corrected chi connectivity index (χ4v) is 2.57. The summed E-state index contributed by atoms with van der Waals surface area (Å²) < 4.78 is 5.98. The molecule has 0 atom stereocenters. The quantitative estimate of drug-likeness (QED) is 0.676. The average Bonchev–Trinajstić information content (AvgIpc) is 2.59. The lowest BCUT2D eigenvalue weighted by atomic mass is 10.1. The van der Waals surface area contributed by atoms with Gasteiger partial charge in [-0.3, -0.25) is 9.59 Å². The van der Waals surface area contributed by atoms with E-state index < -0.39 is 0 Å². The minimum atomic E-state index is -0.358. The van der Waals surface area contributed by atoms with E-state index >= 15 is 0 Å². The molecule has 0 radical (unpaired) electrons. The highest BCUT2D eigenvalue weighted by molar-refractivity contribution is 5.85. The van der Waals surface area contributed by atoms with Crippen molar-refractivity contribution in [3.8, 4) is 11.5 Å². The van der Waals surface area contributed by atoms with Crippen molar-refractivity contribution in [2.24, 2.45) is 5.73 Å². The number of ether oxygens (including phenoxy) is 1. The van der Waals surface area contributed by atoms with E-state index in [4.69, 9.17) is 10.5 Å². The number of carbonyl (C=O) groups excluding carboxylic acids is 2. The summed E-state index contributed by atoms with van der Waals surface area (Å²) in [5.41, 5.74) is 9.40. The fourth-order valence-electron chi connectivity index (χ4n) is 2.57. The van der Waals surface area contributed by atoms with Crippen molar-refractivity contribution in [3.63, 3.8) is 0 Å². The van der Waals surface area contributed by atoms with Gasteiger partial charge in [0.1, 0.15) is 11.5 Å². The Morgan fingerprint density at radius 3 is 2.22 bits per heavy atom. The maximum Gasteiger partial charge on any atom is 0.239 e. The van der Waals surface area contributed by atoms with Crippen LogP contribution in [0.2, 0.25) is 0 Å². The number of hydrogen-bond acceptors (Lipinski definition) is 4. The lowest BCUT2D eigenvalue weighted by molar-refractivity contribution is -0.125. The van der Waals surface area contributed by atoms with Crippen molar-refractivity contribution >= 4 is 24.2 Å². The van der Waals surface area contributed by atoms with Crippen LogP contribution < -0.4 is 21.1 Å². The van der Waals surface area contributed by atoms with Crippen molar-refractivity contribution in [2.45, 2.75) is 27.3 Å². The molecule has 0 spiro atoms. The van der Waals surface area contributed by atoms with Crippen LogP contribution >= 0.6 is 12.4 Å². The zero-order valence-corrected chi connectivity index (χ0v) is 16.6. The smallest absolute Gasteiger partial charge is 0.239 e. The Bertz CT molecular complexity index is 789. The third kappa shape index (κ3) is 7.29. The molecule has 0 bridgehead atoms. The van der Waals surface area contributed by atoms with Gasteiger partial charge in [-0.05, 0) is 61.2 Å². The van der Waals surface area contributed by atoms with Crippen LogP contribution in [0, 0.1) is 20.8 Å². The van der Waals surface area contributed by atoms with Crippen LogP contribution in [0.1, 0.15) is 22.3 Å². The lowest BCUT2D eigenvalue weighted by Crippen LogP contribution is -2.39. The van der Waals surface area contributed by atoms with Gasteiger partial charge in [0.05, 0.1) is 13.1 Å². The molecule has 146 valence electrons. The van der Waals surface area contributed by atoms with Gasteiger partial charge in [0.15, 0.2) is 0 Å². The van der Waals surface area contributed by atoms with Gasteiger partial charge in [-0.2, -0.15) is 0 Å². The Morgan fingerprint density at radius 1 is 0.963 bits per heavy atom. The number of benzene rings is 2. The Labute approximate surface area is 165 Å². The second-order valence-corrected chi connectivity index (χ2v) is 6.28. The zero-order valence-electron chi connectivity index (χ0n) is 15.8. The predicted octanol–water partition coefficient (Wildman–Crippen LogP) is 2.52. The largest absolute Gasteiger partial charge is 0.457 e. The molecule has 6 nitrogen and oxygen atoms in total. The highest BCUT2D eigenvalue weighted by atomic mass is 35.5. The average molecular weight is 392 g/mol. The van der Waals surface area contributed by atoms with E-state index in [0.29, 0.717) is 6.54 Å². The Hall–Kier alpha value is -2.57. The summed E-state index contributed by atoms with van der Waals surface area (Å²) in [6.07, 6.45) is 0. The molecule has 0 aliphatic carbocycles. The van der Waals surface area contributed by atoms with Gasteiger partial charge in [-0.1, -0.05) is 18.2 Å². The number of nitrogens with two attached hydrogens (primary N) is 1. The highest BCUT2D eigenvalue weighted by Crippen LogP contribution is 2.27. The Balaban J connectivity index is 0.00000364. The minimum absolute atomic E-state index is 0. The van der Waals surface area contributed by atoms with E-state index in [1.54, 1.807) is 0 Å². The monoisotopic (exact) mass is 391 g/mol. The lowest BCUT2D eigenvalue weighted by Gasteiger charge is -2.12. The molecule has 2 aromatic rings. The summed E-state index contributed by atoms with van der Waals surface area (Å²) in [5.74, 6) is 0.964. The van der Waals surface area contributed by atoms with E-state index in [9.17, 15) is 9.59 Å². The molecule has 0 unspecified atom stereocenters. The standard InChI is InChI=1S/C20H25N3O3.ClH/c1-13-6-14(2)8-17(7-13)26-18-5-4-16(9-15(18)3)11-22-20(25)12-23-19(24)10-21;/h4-9H,10-12,21H2,1-3H3,(H,22,25)(H,23,24);1H. The van der Waals surface area contributed by atoms with Crippen molar-refractivity contribution < 1.29 is 14.3 Å². The van der Waals surface area contributed by atoms with Crippen LogP contribution in [0.3, 0.4) is 0 Å². The first-order valence-corrected chi connectivity index (χ1v) is 8.46.